The number of hydrogen-bond acceptors (Lipinski definition) is 2. The van der Waals surface area contributed by atoms with Crippen molar-refractivity contribution in [1.82, 2.24) is 0 Å². The average molecular weight is 301 g/mol. The monoisotopic (exact) mass is 300 g/mol. The number of para-hydroxylation sites is 1. The number of halogens is 1. The Morgan fingerprint density at radius 3 is 2.22 bits per heavy atom. The van der Waals surface area contributed by atoms with Crippen LogP contribution in [-0.2, 0) is 0 Å². The number of anilines is 1. The number of amides is 1. The van der Waals surface area contributed by atoms with Crippen molar-refractivity contribution in [2.75, 3.05) is 4.90 Å². The van der Waals surface area contributed by atoms with Crippen molar-refractivity contribution in [1.29, 1.82) is 5.41 Å². The van der Waals surface area contributed by atoms with Crippen molar-refractivity contribution >= 4 is 33.4 Å². The zero-order chi connectivity index (χ0) is 12.7. The molecule has 1 aliphatic rings. The molecule has 0 saturated heterocycles. The highest BCUT2D eigenvalue weighted by Gasteiger charge is 2.34. The molecule has 0 aromatic heterocycles. The van der Waals surface area contributed by atoms with Gasteiger partial charge >= 0.3 is 0 Å². The van der Waals surface area contributed by atoms with Crippen LogP contribution in [0.15, 0.2) is 53.0 Å². The second-order valence-corrected chi connectivity index (χ2v) is 4.84. The lowest BCUT2D eigenvalue weighted by molar-refractivity contribution is 0.101. The average Bonchev–Trinajstić information content (AvgIpc) is 2.64. The number of hydrogen-bond donors (Lipinski definition) is 1. The molecule has 1 aliphatic heterocycles. The van der Waals surface area contributed by atoms with Crippen molar-refractivity contribution < 1.29 is 4.79 Å². The molecule has 0 saturated carbocycles. The van der Waals surface area contributed by atoms with Crippen LogP contribution in [0.3, 0.4) is 0 Å². The third kappa shape index (κ3) is 1.49. The second-order valence-electron chi connectivity index (χ2n) is 3.99. The highest BCUT2D eigenvalue weighted by atomic mass is 79.9. The molecule has 3 rings (SSSR count). The summed E-state index contributed by atoms with van der Waals surface area (Å²) in [6.45, 7) is 0. The van der Waals surface area contributed by atoms with E-state index in [4.69, 9.17) is 5.41 Å². The van der Waals surface area contributed by atoms with Crippen LogP contribution in [0.4, 0.5) is 5.69 Å². The van der Waals surface area contributed by atoms with Gasteiger partial charge in [0.05, 0.1) is 11.3 Å². The van der Waals surface area contributed by atoms with E-state index in [-0.39, 0.29) is 11.7 Å². The molecule has 18 heavy (non-hydrogen) atoms. The smallest absolute Gasteiger partial charge is 0.264 e. The molecule has 1 amide bonds. The van der Waals surface area contributed by atoms with Gasteiger partial charge in [-0.25, -0.2) is 0 Å². The Hall–Kier alpha value is -1.94. The summed E-state index contributed by atoms with van der Waals surface area (Å²) < 4.78 is 0.802. The molecule has 0 radical (unpaired) electrons. The van der Waals surface area contributed by atoms with Gasteiger partial charge in [0.15, 0.2) is 0 Å². The van der Waals surface area contributed by atoms with E-state index in [0.717, 1.165) is 4.47 Å². The van der Waals surface area contributed by atoms with Crippen molar-refractivity contribution in [3.63, 3.8) is 0 Å². The number of benzene rings is 2. The van der Waals surface area contributed by atoms with Gasteiger partial charge in [0, 0.05) is 10.0 Å². The van der Waals surface area contributed by atoms with Crippen molar-refractivity contribution in [2.24, 2.45) is 0 Å². The minimum atomic E-state index is -0.150. The van der Waals surface area contributed by atoms with Crippen LogP contribution in [0.1, 0.15) is 15.9 Å². The normalized spacial score (nSPS) is 13.9. The lowest BCUT2D eigenvalue weighted by Gasteiger charge is -2.17. The van der Waals surface area contributed by atoms with Crippen LogP contribution < -0.4 is 4.90 Å². The van der Waals surface area contributed by atoms with Gasteiger partial charge in [0.1, 0.15) is 5.84 Å². The molecule has 0 spiro atoms. The summed E-state index contributed by atoms with van der Waals surface area (Å²) in [4.78, 5) is 13.7. The number of amidine groups is 1. The fourth-order valence-corrected chi connectivity index (χ4v) is 2.54. The van der Waals surface area contributed by atoms with Crippen molar-refractivity contribution in [3.05, 3.63) is 64.1 Å². The summed E-state index contributed by atoms with van der Waals surface area (Å²) >= 11 is 3.42. The van der Waals surface area contributed by atoms with Gasteiger partial charge in [-0.2, -0.15) is 0 Å². The van der Waals surface area contributed by atoms with Gasteiger partial charge < -0.3 is 0 Å². The maximum atomic E-state index is 12.3. The predicted molar refractivity (Wildman–Crippen MR) is 74.2 cm³/mol. The first kappa shape index (κ1) is 11.2. The highest BCUT2D eigenvalue weighted by Crippen LogP contribution is 2.32. The first-order valence-electron chi connectivity index (χ1n) is 5.47. The van der Waals surface area contributed by atoms with E-state index in [1.807, 2.05) is 36.4 Å². The number of nitrogens with one attached hydrogen (secondary N) is 1. The Labute approximate surface area is 113 Å². The van der Waals surface area contributed by atoms with Crippen LogP contribution in [0.2, 0.25) is 0 Å². The zero-order valence-electron chi connectivity index (χ0n) is 9.35. The topological polar surface area (TPSA) is 44.2 Å². The van der Waals surface area contributed by atoms with Gasteiger partial charge in [-0.05, 0) is 34.1 Å². The number of nitrogens with zero attached hydrogens (tertiary/aromatic N) is 1. The van der Waals surface area contributed by atoms with E-state index in [1.54, 1.807) is 12.1 Å². The number of carbonyl (C=O) groups excluding carboxylic acids is 1. The van der Waals surface area contributed by atoms with Crippen LogP contribution >= 0.6 is 15.9 Å². The van der Waals surface area contributed by atoms with Gasteiger partial charge in [0.25, 0.3) is 5.91 Å². The van der Waals surface area contributed by atoms with Gasteiger partial charge in [-0.1, -0.05) is 30.3 Å². The fraction of sp³-hybridized carbons (Fsp3) is 0. The first-order chi connectivity index (χ1) is 8.70. The van der Waals surface area contributed by atoms with E-state index in [9.17, 15) is 4.79 Å². The lowest BCUT2D eigenvalue weighted by atomic mass is 10.1. The second kappa shape index (κ2) is 4.07. The maximum Gasteiger partial charge on any atom is 0.264 e. The molecule has 2 aromatic carbocycles. The molecular formula is C14H9BrN2O. The quantitative estimate of drug-likeness (QED) is 0.861. The summed E-state index contributed by atoms with van der Waals surface area (Å²) in [6.07, 6.45) is 0. The van der Waals surface area contributed by atoms with Crippen molar-refractivity contribution in [3.8, 4) is 0 Å². The lowest BCUT2D eigenvalue weighted by Crippen LogP contribution is -2.29. The Morgan fingerprint density at radius 1 is 0.944 bits per heavy atom. The van der Waals surface area contributed by atoms with E-state index >= 15 is 0 Å². The molecule has 0 aliphatic carbocycles. The summed E-state index contributed by atoms with van der Waals surface area (Å²) in [5.41, 5.74) is 1.96. The maximum absolute atomic E-state index is 12.3. The summed E-state index contributed by atoms with van der Waals surface area (Å²) in [5.74, 6) is 0.0741. The number of fused-ring (bicyclic) bond motifs is 1. The number of rotatable bonds is 1. The van der Waals surface area contributed by atoms with Gasteiger partial charge in [-0.3, -0.25) is 15.1 Å². The third-order valence-corrected chi connectivity index (χ3v) is 3.60. The standard InChI is InChI=1S/C14H9BrN2O/c15-11-7-3-4-8-12(11)17-13(16)9-5-1-2-6-10(9)14(17)18/h1-8,16H. The van der Waals surface area contributed by atoms with Crippen LogP contribution in [0.25, 0.3) is 0 Å². The minimum absolute atomic E-state index is 0.150. The number of carbonyl (C=O) groups is 1. The highest BCUT2D eigenvalue weighted by molar-refractivity contribution is 9.10. The molecule has 4 heteroatoms. The predicted octanol–water partition coefficient (Wildman–Crippen LogP) is 3.43. The molecule has 88 valence electrons. The largest absolute Gasteiger partial charge is 0.283 e. The van der Waals surface area contributed by atoms with E-state index in [0.29, 0.717) is 16.8 Å². The van der Waals surface area contributed by atoms with Gasteiger partial charge in [-0.15, -0.1) is 0 Å². The van der Waals surface area contributed by atoms with Crippen LogP contribution in [0.5, 0.6) is 0 Å². The molecular weight excluding hydrogens is 292 g/mol. The molecule has 3 nitrogen and oxygen atoms in total. The van der Waals surface area contributed by atoms with E-state index in [2.05, 4.69) is 15.9 Å². The molecule has 1 heterocycles. The van der Waals surface area contributed by atoms with E-state index < -0.39 is 0 Å². The van der Waals surface area contributed by atoms with E-state index in [1.165, 1.54) is 4.90 Å². The Balaban J connectivity index is 2.16. The Kier molecular flexibility index (Phi) is 2.52. The Morgan fingerprint density at radius 2 is 1.56 bits per heavy atom. The first-order valence-corrected chi connectivity index (χ1v) is 6.26. The molecule has 0 atom stereocenters. The molecule has 0 fully saturated rings. The van der Waals surface area contributed by atoms with Crippen LogP contribution in [0, 0.1) is 5.41 Å². The van der Waals surface area contributed by atoms with Crippen LogP contribution in [-0.4, -0.2) is 11.7 Å². The zero-order valence-corrected chi connectivity index (χ0v) is 10.9. The molecule has 2 aromatic rings. The third-order valence-electron chi connectivity index (χ3n) is 2.93. The van der Waals surface area contributed by atoms with Gasteiger partial charge in [0.2, 0.25) is 0 Å². The summed E-state index contributed by atoms with van der Waals surface area (Å²) in [6, 6.07) is 14.6. The SMILES string of the molecule is N=C1c2ccccc2C(=O)N1c1ccccc1Br. The summed E-state index contributed by atoms with van der Waals surface area (Å²) in [5, 5.41) is 8.14. The molecule has 1 N–H and O–H groups in total. The molecule has 0 bridgehead atoms. The minimum Gasteiger partial charge on any atom is -0.283 e. The van der Waals surface area contributed by atoms with Crippen molar-refractivity contribution in [2.45, 2.75) is 0 Å². The fourth-order valence-electron chi connectivity index (χ4n) is 2.08. The molecule has 0 unspecified atom stereocenters. The summed E-state index contributed by atoms with van der Waals surface area (Å²) in [7, 11) is 0. The Bertz CT molecular complexity index is 631.